The summed E-state index contributed by atoms with van der Waals surface area (Å²) >= 11 is 0. The molecular formula is C17H16N2O3. The Morgan fingerprint density at radius 1 is 1.27 bits per heavy atom. The molecule has 2 aromatic heterocycles. The van der Waals surface area contributed by atoms with Crippen LogP contribution in [-0.2, 0) is 0 Å². The van der Waals surface area contributed by atoms with Crippen LogP contribution in [0.4, 0.5) is 0 Å². The van der Waals surface area contributed by atoms with Crippen molar-refractivity contribution in [3.05, 3.63) is 54.4 Å². The molecule has 0 amide bonds. The average Bonchev–Trinajstić information content (AvgIpc) is 2.96. The number of carbonyl (C=O) groups is 1. The lowest BCUT2D eigenvalue weighted by Crippen LogP contribution is -1.96. The molecule has 0 fully saturated rings. The van der Waals surface area contributed by atoms with Gasteiger partial charge in [-0.3, -0.25) is 0 Å². The van der Waals surface area contributed by atoms with Crippen LogP contribution in [0.25, 0.3) is 16.9 Å². The molecule has 1 aromatic carbocycles. The normalized spacial score (nSPS) is 10.8. The first-order chi connectivity index (χ1) is 10.7. The van der Waals surface area contributed by atoms with Gasteiger partial charge in [0.05, 0.1) is 17.9 Å². The molecule has 0 unspecified atom stereocenters. The lowest BCUT2D eigenvalue weighted by Gasteiger charge is -2.04. The van der Waals surface area contributed by atoms with E-state index in [-0.39, 0.29) is 5.56 Å². The molecule has 2 heterocycles. The molecule has 0 aliphatic heterocycles. The summed E-state index contributed by atoms with van der Waals surface area (Å²) < 4.78 is 7.36. The summed E-state index contributed by atoms with van der Waals surface area (Å²) in [7, 11) is 0. The maximum absolute atomic E-state index is 11.0. The number of rotatable bonds is 5. The second-order valence-corrected chi connectivity index (χ2v) is 4.99. The second kappa shape index (κ2) is 5.89. The maximum atomic E-state index is 11.0. The van der Waals surface area contributed by atoms with Crippen LogP contribution in [0, 0.1) is 0 Å². The zero-order chi connectivity index (χ0) is 15.5. The Morgan fingerprint density at radius 3 is 2.73 bits per heavy atom. The fourth-order valence-electron chi connectivity index (χ4n) is 2.20. The predicted octanol–water partition coefficient (Wildman–Crippen LogP) is 3.49. The number of hydrogen-bond donors (Lipinski definition) is 1. The van der Waals surface area contributed by atoms with Crippen LogP contribution in [-0.4, -0.2) is 27.1 Å². The number of benzene rings is 1. The molecule has 0 saturated carbocycles. The van der Waals surface area contributed by atoms with Gasteiger partial charge in [-0.2, -0.15) is 0 Å². The SMILES string of the molecule is CCCOc1ccc(-c2cn3ccc(C(=O)O)cc3n2)cc1. The molecule has 3 aromatic rings. The summed E-state index contributed by atoms with van der Waals surface area (Å²) in [5.74, 6) is -0.119. The first-order valence-corrected chi connectivity index (χ1v) is 7.12. The summed E-state index contributed by atoms with van der Waals surface area (Å²) in [6.07, 6.45) is 4.55. The molecule has 0 aliphatic carbocycles. The number of aromatic carboxylic acids is 1. The van der Waals surface area contributed by atoms with Gasteiger partial charge in [0, 0.05) is 18.0 Å². The number of carboxylic acids is 1. The van der Waals surface area contributed by atoms with E-state index in [0.29, 0.717) is 12.3 Å². The Hall–Kier alpha value is -2.82. The van der Waals surface area contributed by atoms with Crippen molar-refractivity contribution in [2.45, 2.75) is 13.3 Å². The van der Waals surface area contributed by atoms with Crippen molar-refractivity contribution >= 4 is 11.6 Å². The quantitative estimate of drug-likeness (QED) is 0.782. The van der Waals surface area contributed by atoms with Gasteiger partial charge in [0.1, 0.15) is 11.4 Å². The smallest absolute Gasteiger partial charge is 0.335 e. The highest BCUT2D eigenvalue weighted by molar-refractivity contribution is 5.88. The highest BCUT2D eigenvalue weighted by Gasteiger charge is 2.08. The van der Waals surface area contributed by atoms with E-state index in [1.165, 1.54) is 0 Å². The Morgan fingerprint density at radius 2 is 2.05 bits per heavy atom. The van der Waals surface area contributed by atoms with E-state index in [0.717, 1.165) is 23.4 Å². The van der Waals surface area contributed by atoms with Crippen molar-refractivity contribution in [3.8, 4) is 17.0 Å². The van der Waals surface area contributed by atoms with E-state index in [2.05, 4.69) is 11.9 Å². The van der Waals surface area contributed by atoms with Gasteiger partial charge < -0.3 is 14.2 Å². The minimum atomic E-state index is -0.954. The number of aromatic nitrogens is 2. The molecule has 0 aliphatic rings. The summed E-state index contributed by atoms with van der Waals surface area (Å²) in [5.41, 5.74) is 2.60. The molecule has 0 spiro atoms. The van der Waals surface area contributed by atoms with Gasteiger partial charge in [0.2, 0.25) is 0 Å². The van der Waals surface area contributed by atoms with Crippen LogP contribution in [0.2, 0.25) is 0 Å². The van der Waals surface area contributed by atoms with Crippen LogP contribution >= 0.6 is 0 Å². The van der Waals surface area contributed by atoms with Crippen molar-refractivity contribution in [1.82, 2.24) is 9.38 Å². The molecule has 0 bridgehead atoms. The zero-order valence-corrected chi connectivity index (χ0v) is 12.2. The van der Waals surface area contributed by atoms with Crippen molar-refractivity contribution < 1.29 is 14.6 Å². The van der Waals surface area contributed by atoms with Gasteiger partial charge in [0.15, 0.2) is 0 Å². The summed E-state index contributed by atoms with van der Waals surface area (Å²) in [6, 6.07) is 10.8. The number of carboxylic acid groups (broad SMARTS) is 1. The van der Waals surface area contributed by atoms with Crippen LogP contribution < -0.4 is 4.74 Å². The highest BCUT2D eigenvalue weighted by atomic mass is 16.5. The van der Waals surface area contributed by atoms with Gasteiger partial charge in [-0.15, -0.1) is 0 Å². The number of pyridine rings is 1. The molecule has 0 atom stereocenters. The van der Waals surface area contributed by atoms with Crippen molar-refractivity contribution in [2.75, 3.05) is 6.61 Å². The fraction of sp³-hybridized carbons (Fsp3) is 0.176. The monoisotopic (exact) mass is 296 g/mol. The molecule has 3 rings (SSSR count). The largest absolute Gasteiger partial charge is 0.494 e. The first-order valence-electron chi connectivity index (χ1n) is 7.12. The van der Waals surface area contributed by atoms with Gasteiger partial charge in [0.25, 0.3) is 0 Å². The average molecular weight is 296 g/mol. The molecule has 5 nitrogen and oxygen atoms in total. The molecule has 22 heavy (non-hydrogen) atoms. The number of imidazole rings is 1. The van der Waals surface area contributed by atoms with Gasteiger partial charge >= 0.3 is 5.97 Å². The topological polar surface area (TPSA) is 63.8 Å². The van der Waals surface area contributed by atoms with E-state index < -0.39 is 5.97 Å². The number of ether oxygens (including phenoxy) is 1. The standard InChI is InChI=1S/C17H16N2O3/c1-2-9-22-14-5-3-12(4-6-14)15-11-19-8-7-13(17(20)21)10-16(19)18-15/h3-8,10-11H,2,9H2,1H3,(H,20,21). The number of nitrogens with zero attached hydrogens (tertiary/aromatic N) is 2. The molecule has 0 saturated heterocycles. The second-order valence-electron chi connectivity index (χ2n) is 4.99. The third-order valence-corrected chi connectivity index (χ3v) is 3.33. The first kappa shape index (κ1) is 14.1. The number of hydrogen-bond acceptors (Lipinski definition) is 3. The van der Waals surface area contributed by atoms with Crippen molar-refractivity contribution in [3.63, 3.8) is 0 Å². The van der Waals surface area contributed by atoms with E-state index in [1.54, 1.807) is 18.3 Å². The minimum absolute atomic E-state index is 0.230. The maximum Gasteiger partial charge on any atom is 0.335 e. The highest BCUT2D eigenvalue weighted by Crippen LogP contribution is 2.22. The summed E-state index contributed by atoms with van der Waals surface area (Å²) in [5, 5.41) is 9.02. The predicted molar refractivity (Wildman–Crippen MR) is 83.4 cm³/mol. The molecule has 5 heteroatoms. The molecule has 112 valence electrons. The van der Waals surface area contributed by atoms with Crippen LogP contribution in [0.5, 0.6) is 5.75 Å². The lowest BCUT2D eigenvalue weighted by molar-refractivity contribution is 0.0697. The molecular weight excluding hydrogens is 280 g/mol. The summed E-state index contributed by atoms with van der Waals surface area (Å²) in [6.45, 7) is 2.77. The van der Waals surface area contributed by atoms with E-state index >= 15 is 0 Å². The van der Waals surface area contributed by atoms with Crippen molar-refractivity contribution in [2.24, 2.45) is 0 Å². The van der Waals surface area contributed by atoms with Crippen LogP contribution in [0.3, 0.4) is 0 Å². The third kappa shape index (κ3) is 2.79. The fourth-order valence-corrected chi connectivity index (χ4v) is 2.20. The Kier molecular flexibility index (Phi) is 3.78. The Bertz CT molecular complexity index is 806. The van der Waals surface area contributed by atoms with Crippen LogP contribution in [0.15, 0.2) is 48.8 Å². The lowest BCUT2D eigenvalue weighted by atomic mass is 10.2. The van der Waals surface area contributed by atoms with Gasteiger partial charge in [-0.1, -0.05) is 6.92 Å². The zero-order valence-electron chi connectivity index (χ0n) is 12.2. The minimum Gasteiger partial charge on any atom is -0.494 e. The van der Waals surface area contributed by atoms with Crippen molar-refractivity contribution in [1.29, 1.82) is 0 Å². The summed E-state index contributed by atoms with van der Waals surface area (Å²) in [4.78, 5) is 15.5. The number of fused-ring (bicyclic) bond motifs is 1. The molecule has 0 radical (unpaired) electrons. The Balaban J connectivity index is 1.91. The molecule has 1 N–H and O–H groups in total. The van der Waals surface area contributed by atoms with E-state index in [1.807, 2.05) is 34.9 Å². The van der Waals surface area contributed by atoms with Crippen LogP contribution in [0.1, 0.15) is 23.7 Å². The van der Waals surface area contributed by atoms with E-state index in [4.69, 9.17) is 9.84 Å². The Labute approximate surface area is 127 Å². The van der Waals surface area contributed by atoms with Gasteiger partial charge in [-0.25, -0.2) is 9.78 Å². The van der Waals surface area contributed by atoms with E-state index in [9.17, 15) is 4.79 Å². The third-order valence-electron chi connectivity index (χ3n) is 3.33. The van der Waals surface area contributed by atoms with Gasteiger partial charge in [-0.05, 0) is 42.8 Å².